The molecule has 0 saturated carbocycles. The second kappa shape index (κ2) is 6.68. The molecule has 24 heavy (non-hydrogen) atoms. The van der Waals surface area contributed by atoms with E-state index in [1.54, 1.807) is 18.2 Å². The van der Waals surface area contributed by atoms with Gasteiger partial charge in [0.25, 0.3) is 5.91 Å². The molecule has 0 bridgehead atoms. The van der Waals surface area contributed by atoms with Gasteiger partial charge in [-0.25, -0.2) is 4.79 Å². The fraction of sp³-hybridized carbons (Fsp3) is 0.438. The molecule has 0 aliphatic carbocycles. The first kappa shape index (κ1) is 16.6. The second-order valence-corrected chi connectivity index (χ2v) is 6.43. The van der Waals surface area contributed by atoms with Gasteiger partial charge in [-0.3, -0.25) is 14.5 Å². The normalized spacial score (nSPS) is 23.7. The van der Waals surface area contributed by atoms with Crippen molar-refractivity contribution in [2.75, 3.05) is 18.0 Å². The molecule has 0 aromatic heterocycles. The van der Waals surface area contributed by atoms with Crippen molar-refractivity contribution in [1.82, 2.24) is 16.0 Å². The van der Waals surface area contributed by atoms with Gasteiger partial charge in [-0.2, -0.15) is 0 Å². The van der Waals surface area contributed by atoms with Crippen LogP contribution in [0.3, 0.4) is 0 Å². The third kappa shape index (κ3) is 3.31. The SMILES string of the molecule is CC1NC(=O)CCC1NC(=O)c1ccc(Cl)c(N2CCNC2=O)c1. The summed E-state index contributed by atoms with van der Waals surface area (Å²) >= 11 is 6.18. The van der Waals surface area contributed by atoms with E-state index in [2.05, 4.69) is 16.0 Å². The summed E-state index contributed by atoms with van der Waals surface area (Å²) in [5, 5.41) is 8.89. The number of urea groups is 1. The molecule has 128 valence electrons. The van der Waals surface area contributed by atoms with Gasteiger partial charge in [-0.15, -0.1) is 0 Å². The molecular formula is C16H19ClN4O3. The van der Waals surface area contributed by atoms with Crippen molar-refractivity contribution in [2.45, 2.75) is 31.8 Å². The number of carbonyl (C=O) groups is 3. The number of benzene rings is 1. The van der Waals surface area contributed by atoms with E-state index in [0.717, 1.165) is 0 Å². The van der Waals surface area contributed by atoms with Crippen LogP contribution in [0.15, 0.2) is 18.2 Å². The van der Waals surface area contributed by atoms with Gasteiger partial charge in [0.15, 0.2) is 0 Å². The quantitative estimate of drug-likeness (QED) is 0.766. The van der Waals surface area contributed by atoms with Crippen LogP contribution in [0.2, 0.25) is 5.02 Å². The predicted octanol–water partition coefficient (Wildman–Crippen LogP) is 1.27. The van der Waals surface area contributed by atoms with Crippen LogP contribution in [-0.4, -0.2) is 43.0 Å². The van der Waals surface area contributed by atoms with Crippen LogP contribution in [-0.2, 0) is 4.79 Å². The highest BCUT2D eigenvalue weighted by molar-refractivity contribution is 6.34. The molecule has 0 radical (unpaired) electrons. The van der Waals surface area contributed by atoms with E-state index in [-0.39, 0.29) is 29.9 Å². The Balaban J connectivity index is 1.75. The third-order valence-corrected chi connectivity index (χ3v) is 4.67. The molecule has 8 heteroatoms. The fourth-order valence-electron chi connectivity index (χ4n) is 2.97. The third-order valence-electron chi connectivity index (χ3n) is 4.35. The van der Waals surface area contributed by atoms with Crippen molar-refractivity contribution < 1.29 is 14.4 Å². The smallest absolute Gasteiger partial charge is 0.322 e. The second-order valence-electron chi connectivity index (χ2n) is 6.02. The molecule has 1 aromatic rings. The zero-order valence-corrected chi connectivity index (χ0v) is 14.0. The highest BCUT2D eigenvalue weighted by Crippen LogP contribution is 2.28. The molecule has 2 atom stereocenters. The van der Waals surface area contributed by atoms with E-state index in [0.29, 0.717) is 42.2 Å². The summed E-state index contributed by atoms with van der Waals surface area (Å²) in [4.78, 5) is 37.2. The minimum Gasteiger partial charge on any atom is -0.352 e. The maximum atomic E-state index is 12.5. The minimum atomic E-state index is -0.250. The number of halogens is 1. The number of anilines is 1. The first-order valence-electron chi connectivity index (χ1n) is 7.91. The van der Waals surface area contributed by atoms with Crippen molar-refractivity contribution >= 4 is 35.1 Å². The number of piperidine rings is 1. The van der Waals surface area contributed by atoms with Gasteiger partial charge in [-0.05, 0) is 31.5 Å². The maximum absolute atomic E-state index is 12.5. The monoisotopic (exact) mass is 350 g/mol. The number of hydrogen-bond acceptors (Lipinski definition) is 3. The molecule has 0 spiro atoms. The molecule has 7 nitrogen and oxygen atoms in total. The van der Waals surface area contributed by atoms with Crippen LogP contribution in [0.5, 0.6) is 0 Å². The summed E-state index contributed by atoms with van der Waals surface area (Å²) in [7, 11) is 0. The largest absolute Gasteiger partial charge is 0.352 e. The highest BCUT2D eigenvalue weighted by Gasteiger charge is 2.28. The number of nitrogens with zero attached hydrogens (tertiary/aromatic N) is 1. The Morgan fingerprint density at radius 3 is 2.83 bits per heavy atom. The highest BCUT2D eigenvalue weighted by atomic mass is 35.5. The Labute approximate surface area is 144 Å². The molecule has 4 amide bonds. The molecular weight excluding hydrogens is 332 g/mol. The first-order chi connectivity index (χ1) is 11.5. The molecule has 2 aliphatic rings. The van der Waals surface area contributed by atoms with Crippen LogP contribution in [0.25, 0.3) is 0 Å². The van der Waals surface area contributed by atoms with Gasteiger partial charge in [0.05, 0.1) is 10.7 Å². The van der Waals surface area contributed by atoms with E-state index >= 15 is 0 Å². The van der Waals surface area contributed by atoms with E-state index in [1.807, 2.05) is 6.92 Å². The zero-order chi connectivity index (χ0) is 17.3. The van der Waals surface area contributed by atoms with Gasteiger partial charge < -0.3 is 16.0 Å². The lowest BCUT2D eigenvalue weighted by Crippen LogP contribution is -2.53. The predicted molar refractivity (Wildman–Crippen MR) is 90.3 cm³/mol. The number of amides is 4. The molecule has 2 aliphatic heterocycles. The zero-order valence-electron chi connectivity index (χ0n) is 13.3. The number of rotatable bonds is 3. The van der Waals surface area contributed by atoms with Crippen molar-refractivity contribution in [3.8, 4) is 0 Å². The Bertz CT molecular complexity index is 694. The van der Waals surface area contributed by atoms with Gasteiger partial charge >= 0.3 is 6.03 Å². The molecule has 2 saturated heterocycles. The lowest BCUT2D eigenvalue weighted by Gasteiger charge is -2.30. The van der Waals surface area contributed by atoms with Gasteiger partial charge in [-0.1, -0.05) is 11.6 Å². The van der Waals surface area contributed by atoms with Crippen molar-refractivity contribution in [2.24, 2.45) is 0 Å². The van der Waals surface area contributed by atoms with Crippen molar-refractivity contribution in [3.63, 3.8) is 0 Å². The maximum Gasteiger partial charge on any atom is 0.322 e. The Hall–Kier alpha value is -2.28. The molecule has 2 fully saturated rings. The van der Waals surface area contributed by atoms with Gasteiger partial charge in [0.2, 0.25) is 5.91 Å². The topological polar surface area (TPSA) is 90.5 Å². The Kier molecular flexibility index (Phi) is 4.62. The number of carbonyl (C=O) groups excluding carboxylic acids is 3. The lowest BCUT2D eigenvalue weighted by molar-refractivity contribution is -0.123. The summed E-state index contributed by atoms with van der Waals surface area (Å²) in [6.07, 6.45) is 1.00. The standard InChI is InChI=1S/C16H19ClN4O3/c1-9-12(4-5-14(22)19-9)20-15(23)10-2-3-11(17)13(8-10)21-7-6-18-16(21)24/h2-3,8-9,12H,4-7H2,1H3,(H,18,24)(H,19,22)(H,20,23). The van der Waals surface area contributed by atoms with Crippen LogP contribution in [0, 0.1) is 0 Å². The van der Waals surface area contributed by atoms with Gasteiger partial charge in [0, 0.05) is 37.2 Å². The average Bonchev–Trinajstić information content (AvgIpc) is 2.96. The van der Waals surface area contributed by atoms with Crippen LogP contribution in [0.4, 0.5) is 10.5 Å². The summed E-state index contributed by atoms with van der Waals surface area (Å²) in [6, 6.07) is 4.40. The fourth-order valence-corrected chi connectivity index (χ4v) is 3.19. The van der Waals surface area contributed by atoms with Gasteiger partial charge in [0.1, 0.15) is 0 Å². The summed E-state index contributed by atoms with van der Waals surface area (Å²) in [5.74, 6) is -0.248. The Morgan fingerprint density at radius 1 is 1.38 bits per heavy atom. The summed E-state index contributed by atoms with van der Waals surface area (Å²) in [6.45, 7) is 2.92. The Morgan fingerprint density at radius 2 is 2.17 bits per heavy atom. The summed E-state index contributed by atoms with van der Waals surface area (Å²) < 4.78 is 0. The van der Waals surface area contributed by atoms with E-state index < -0.39 is 0 Å². The molecule has 1 aromatic carbocycles. The van der Waals surface area contributed by atoms with Crippen molar-refractivity contribution in [3.05, 3.63) is 28.8 Å². The van der Waals surface area contributed by atoms with E-state index in [4.69, 9.17) is 11.6 Å². The number of nitrogens with one attached hydrogen (secondary N) is 3. The van der Waals surface area contributed by atoms with Crippen LogP contribution in [0.1, 0.15) is 30.1 Å². The molecule has 3 N–H and O–H groups in total. The van der Waals surface area contributed by atoms with E-state index in [9.17, 15) is 14.4 Å². The minimum absolute atomic E-state index is 0.00169. The number of hydrogen-bond donors (Lipinski definition) is 3. The first-order valence-corrected chi connectivity index (χ1v) is 8.28. The average molecular weight is 351 g/mol. The van der Waals surface area contributed by atoms with Crippen LogP contribution < -0.4 is 20.9 Å². The molecule has 3 rings (SSSR count). The van der Waals surface area contributed by atoms with Crippen molar-refractivity contribution in [1.29, 1.82) is 0 Å². The van der Waals surface area contributed by atoms with E-state index in [1.165, 1.54) is 4.90 Å². The molecule has 2 heterocycles. The lowest BCUT2D eigenvalue weighted by atomic mass is 9.99. The van der Waals surface area contributed by atoms with Crippen LogP contribution >= 0.6 is 11.6 Å². The summed E-state index contributed by atoms with van der Waals surface area (Å²) in [5.41, 5.74) is 0.947. The molecule has 2 unspecified atom stereocenters.